The summed E-state index contributed by atoms with van der Waals surface area (Å²) in [5.74, 6) is -0.430. The molecule has 0 fully saturated rings. The van der Waals surface area contributed by atoms with Crippen LogP contribution >= 0.6 is 0 Å². The van der Waals surface area contributed by atoms with Crippen LogP contribution in [0.3, 0.4) is 0 Å². The summed E-state index contributed by atoms with van der Waals surface area (Å²) in [5.41, 5.74) is 0.538. The van der Waals surface area contributed by atoms with Crippen molar-refractivity contribution in [3.05, 3.63) is 48.2 Å². The Kier molecular flexibility index (Phi) is 4.35. The zero-order chi connectivity index (χ0) is 18.1. The topological polar surface area (TPSA) is 97.0 Å². The monoisotopic (exact) mass is 372 g/mol. The Labute approximate surface area is 139 Å². The molecule has 2 N–H and O–H groups in total. The maximum Gasteiger partial charge on any atom is 0.573 e. The van der Waals surface area contributed by atoms with Crippen molar-refractivity contribution in [3.63, 3.8) is 0 Å². The number of sulfonamides is 1. The number of hydrogen-bond donors (Lipinski definition) is 2. The summed E-state index contributed by atoms with van der Waals surface area (Å²) in [6.45, 7) is -0.224. The first-order valence-corrected chi connectivity index (χ1v) is 8.36. The molecule has 3 rings (SSSR count). The highest BCUT2D eigenvalue weighted by atomic mass is 32.2. The van der Waals surface area contributed by atoms with Crippen molar-refractivity contribution in [2.24, 2.45) is 0 Å². The van der Waals surface area contributed by atoms with E-state index in [1.165, 1.54) is 24.4 Å². The molecule has 2 aromatic heterocycles. The number of hydrogen-bond acceptors (Lipinski definition) is 5. The lowest BCUT2D eigenvalue weighted by Crippen LogP contribution is -2.24. The molecule has 0 atom stereocenters. The van der Waals surface area contributed by atoms with Crippen molar-refractivity contribution in [2.45, 2.75) is 17.9 Å². The summed E-state index contributed by atoms with van der Waals surface area (Å²) in [4.78, 5) is 3.92. The van der Waals surface area contributed by atoms with E-state index in [-0.39, 0.29) is 17.2 Å². The highest BCUT2D eigenvalue weighted by Gasteiger charge is 2.31. The maximum atomic E-state index is 12.4. The smallest absolute Gasteiger partial charge is 0.406 e. The second-order valence-electron chi connectivity index (χ2n) is 4.95. The molecule has 0 aliphatic rings. The molecule has 0 radical (unpaired) electrons. The number of pyridine rings is 1. The fourth-order valence-corrected chi connectivity index (χ4v) is 3.25. The number of nitrogens with one attached hydrogen (secondary N) is 2. The van der Waals surface area contributed by atoms with Crippen LogP contribution in [-0.4, -0.2) is 30.0 Å². The molecular formula is C14H11F3N4O3S. The van der Waals surface area contributed by atoms with E-state index in [4.69, 9.17) is 0 Å². The summed E-state index contributed by atoms with van der Waals surface area (Å²) >= 11 is 0. The summed E-state index contributed by atoms with van der Waals surface area (Å²) in [5, 5.41) is 6.33. The van der Waals surface area contributed by atoms with Crippen molar-refractivity contribution >= 4 is 21.1 Å². The normalized spacial score (nSPS) is 12.4. The number of H-pyrrole nitrogens is 1. The fourth-order valence-electron chi connectivity index (χ4n) is 2.14. The van der Waals surface area contributed by atoms with Gasteiger partial charge in [-0.1, -0.05) is 12.1 Å². The molecular weight excluding hydrogens is 361 g/mol. The Balaban J connectivity index is 1.78. The van der Waals surface area contributed by atoms with Gasteiger partial charge in [0.15, 0.2) is 10.7 Å². The molecule has 0 bridgehead atoms. The third kappa shape index (κ3) is 4.06. The van der Waals surface area contributed by atoms with E-state index in [1.54, 1.807) is 6.07 Å². The van der Waals surface area contributed by atoms with Crippen LogP contribution in [0.5, 0.6) is 5.75 Å². The number of benzene rings is 1. The van der Waals surface area contributed by atoms with E-state index in [9.17, 15) is 21.6 Å². The van der Waals surface area contributed by atoms with Gasteiger partial charge in [-0.05, 0) is 29.8 Å². The molecule has 0 saturated carbocycles. The number of ether oxygens (including phenoxy) is 1. The number of nitrogens with zero attached hydrogens (tertiary/aromatic N) is 2. The van der Waals surface area contributed by atoms with Gasteiger partial charge in [-0.2, -0.15) is 5.10 Å². The molecule has 0 spiro atoms. The summed E-state index contributed by atoms with van der Waals surface area (Å²) in [6, 6.07) is 8.13. The van der Waals surface area contributed by atoms with Gasteiger partial charge in [-0.3, -0.25) is 5.10 Å². The number of halogens is 3. The van der Waals surface area contributed by atoms with E-state index in [1.807, 2.05) is 0 Å². The van der Waals surface area contributed by atoms with Gasteiger partial charge in [0, 0.05) is 12.7 Å². The first-order chi connectivity index (χ1) is 11.7. The second kappa shape index (κ2) is 6.33. The van der Waals surface area contributed by atoms with Crippen molar-refractivity contribution in [2.75, 3.05) is 0 Å². The Bertz CT molecular complexity index is 1000. The van der Waals surface area contributed by atoms with E-state index in [0.29, 0.717) is 10.9 Å². The Morgan fingerprint density at radius 2 is 2.00 bits per heavy atom. The van der Waals surface area contributed by atoms with Gasteiger partial charge in [0.2, 0.25) is 0 Å². The average molecular weight is 372 g/mol. The van der Waals surface area contributed by atoms with Crippen LogP contribution in [0.2, 0.25) is 0 Å². The highest BCUT2D eigenvalue weighted by Crippen LogP contribution is 2.23. The minimum atomic E-state index is -4.82. The van der Waals surface area contributed by atoms with Crippen molar-refractivity contribution < 1.29 is 26.3 Å². The van der Waals surface area contributed by atoms with Crippen LogP contribution in [0.25, 0.3) is 11.0 Å². The van der Waals surface area contributed by atoms with Crippen molar-refractivity contribution in [1.82, 2.24) is 19.9 Å². The first-order valence-electron chi connectivity index (χ1n) is 6.88. The van der Waals surface area contributed by atoms with Gasteiger partial charge in [0.05, 0.1) is 5.39 Å². The van der Waals surface area contributed by atoms with Crippen LogP contribution in [0.15, 0.2) is 47.6 Å². The van der Waals surface area contributed by atoms with E-state index < -0.39 is 22.1 Å². The van der Waals surface area contributed by atoms with Crippen molar-refractivity contribution in [3.8, 4) is 5.75 Å². The molecule has 7 nitrogen and oxygen atoms in total. The molecule has 3 aromatic rings. The van der Waals surface area contributed by atoms with E-state index in [0.717, 1.165) is 12.1 Å². The largest absolute Gasteiger partial charge is 0.573 e. The molecule has 11 heteroatoms. The Morgan fingerprint density at radius 3 is 2.76 bits per heavy atom. The quantitative estimate of drug-likeness (QED) is 0.717. The standard InChI is InChI=1S/C14H11F3N4O3S/c15-14(16,17)24-10-4-1-3-9(7-10)8-19-25(22,23)13-11-5-2-6-18-12(11)20-21-13/h1-7,19H,8H2,(H,18,20,21). The van der Waals surface area contributed by atoms with Crippen LogP contribution in [-0.2, 0) is 16.6 Å². The SMILES string of the molecule is O=S(=O)(NCc1cccc(OC(F)(F)F)c1)c1[nH]nc2ncccc12. The van der Waals surface area contributed by atoms with Gasteiger partial charge in [-0.25, -0.2) is 18.1 Å². The molecule has 0 unspecified atom stereocenters. The molecule has 25 heavy (non-hydrogen) atoms. The van der Waals surface area contributed by atoms with Gasteiger partial charge >= 0.3 is 6.36 Å². The molecule has 2 heterocycles. The van der Waals surface area contributed by atoms with Crippen LogP contribution in [0.1, 0.15) is 5.56 Å². The number of fused-ring (bicyclic) bond motifs is 1. The fraction of sp³-hybridized carbons (Fsp3) is 0.143. The summed E-state index contributed by atoms with van der Waals surface area (Å²) < 4.78 is 67.5. The number of aromatic nitrogens is 3. The Hall–Kier alpha value is -2.66. The lowest BCUT2D eigenvalue weighted by atomic mass is 10.2. The molecule has 0 saturated heterocycles. The highest BCUT2D eigenvalue weighted by molar-refractivity contribution is 7.89. The maximum absolute atomic E-state index is 12.4. The van der Waals surface area contributed by atoms with Crippen LogP contribution in [0, 0.1) is 0 Å². The van der Waals surface area contributed by atoms with E-state index >= 15 is 0 Å². The van der Waals surface area contributed by atoms with Gasteiger partial charge in [0.1, 0.15) is 5.75 Å². The van der Waals surface area contributed by atoms with Gasteiger partial charge in [-0.15, -0.1) is 13.2 Å². The second-order valence-corrected chi connectivity index (χ2v) is 6.65. The van der Waals surface area contributed by atoms with Gasteiger partial charge < -0.3 is 4.74 Å². The third-order valence-electron chi connectivity index (χ3n) is 3.16. The Morgan fingerprint density at radius 1 is 1.20 bits per heavy atom. The molecule has 0 aliphatic heterocycles. The molecule has 0 amide bonds. The molecule has 132 valence electrons. The van der Waals surface area contributed by atoms with Gasteiger partial charge in [0.25, 0.3) is 10.0 Å². The van der Waals surface area contributed by atoms with E-state index in [2.05, 4.69) is 24.6 Å². The minimum absolute atomic E-state index is 0.168. The zero-order valence-corrected chi connectivity index (χ0v) is 13.2. The minimum Gasteiger partial charge on any atom is -0.406 e. The number of rotatable bonds is 5. The van der Waals surface area contributed by atoms with Crippen LogP contribution < -0.4 is 9.46 Å². The lowest BCUT2D eigenvalue weighted by molar-refractivity contribution is -0.274. The third-order valence-corrected chi connectivity index (χ3v) is 4.53. The number of aromatic amines is 1. The number of alkyl halides is 3. The molecule has 0 aliphatic carbocycles. The molecule has 1 aromatic carbocycles. The van der Waals surface area contributed by atoms with Crippen LogP contribution in [0.4, 0.5) is 13.2 Å². The zero-order valence-electron chi connectivity index (χ0n) is 12.4. The lowest BCUT2D eigenvalue weighted by Gasteiger charge is -2.10. The van der Waals surface area contributed by atoms with Crippen molar-refractivity contribution in [1.29, 1.82) is 0 Å². The first kappa shape index (κ1) is 17.2. The predicted octanol–water partition coefficient (Wildman–Crippen LogP) is 2.33. The average Bonchev–Trinajstić information content (AvgIpc) is 2.97. The predicted molar refractivity (Wildman–Crippen MR) is 81.0 cm³/mol. The summed E-state index contributed by atoms with van der Waals surface area (Å²) in [7, 11) is -3.96. The summed E-state index contributed by atoms with van der Waals surface area (Å²) in [6.07, 6.45) is -3.35.